The standard InChI is InChI=1S/C15H23N3O2/c1-4-10(5-2)9(3)17-12-7-13-14(6-11(12)16)20-8-15(19)18-13/h6-7,9-10,17H,4-5,8,16H2,1-3H3,(H,18,19). The number of nitrogens with two attached hydrogens (primary N) is 1. The highest BCUT2D eigenvalue weighted by atomic mass is 16.5. The van der Waals surface area contributed by atoms with Gasteiger partial charge in [-0.3, -0.25) is 4.79 Å². The number of anilines is 3. The Balaban J connectivity index is 2.20. The summed E-state index contributed by atoms with van der Waals surface area (Å²) in [5, 5.41) is 6.24. The van der Waals surface area contributed by atoms with Gasteiger partial charge < -0.3 is 21.1 Å². The fraction of sp³-hybridized carbons (Fsp3) is 0.533. The van der Waals surface area contributed by atoms with Crippen molar-refractivity contribution in [3.05, 3.63) is 12.1 Å². The molecule has 110 valence electrons. The Morgan fingerprint density at radius 2 is 2.10 bits per heavy atom. The molecule has 5 nitrogen and oxygen atoms in total. The van der Waals surface area contributed by atoms with E-state index in [1.807, 2.05) is 6.07 Å². The fourth-order valence-corrected chi connectivity index (χ4v) is 2.63. The molecule has 0 spiro atoms. The van der Waals surface area contributed by atoms with Crippen LogP contribution in [0.2, 0.25) is 0 Å². The minimum atomic E-state index is -0.138. The minimum absolute atomic E-state index is 0.0450. The number of rotatable bonds is 5. The Morgan fingerprint density at radius 3 is 2.75 bits per heavy atom. The lowest BCUT2D eigenvalue weighted by Gasteiger charge is -2.26. The second-order valence-corrected chi connectivity index (χ2v) is 5.28. The molecule has 1 unspecified atom stereocenters. The zero-order valence-electron chi connectivity index (χ0n) is 12.3. The quantitative estimate of drug-likeness (QED) is 0.723. The Bertz CT molecular complexity index is 498. The summed E-state index contributed by atoms with van der Waals surface area (Å²) in [5.74, 6) is 1.08. The van der Waals surface area contributed by atoms with Gasteiger partial charge in [0.25, 0.3) is 5.91 Å². The average molecular weight is 277 g/mol. The fourth-order valence-electron chi connectivity index (χ4n) is 2.63. The van der Waals surface area contributed by atoms with Crippen LogP contribution < -0.4 is 21.1 Å². The van der Waals surface area contributed by atoms with Gasteiger partial charge in [-0.05, 0) is 18.9 Å². The van der Waals surface area contributed by atoms with Gasteiger partial charge in [-0.15, -0.1) is 0 Å². The first-order chi connectivity index (χ1) is 9.55. The Kier molecular flexibility index (Phi) is 4.37. The molecule has 0 aromatic heterocycles. The Morgan fingerprint density at radius 1 is 1.40 bits per heavy atom. The maximum atomic E-state index is 11.4. The molecular formula is C15H23N3O2. The largest absolute Gasteiger partial charge is 0.482 e. The van der Waals surface area contributed by atoms with Gasteiger partial charge in [0.05, 0.1) is 17.1 Å². The topological polar surface area (TPSA) is 76.4 Å². The van der Waals surface area contributed by atoms with E-state index in [-0.39, 0.29) is 12.5 Å². The summed E-state index contributed by atoms with van der Waals surface area (Å²) in [7, 11) is 0. The van der Waals surface area contributed by atoms with Gasteiger partial charge in [0.2, 0.25) is 0 Å². The molecule has 2 rings (SSSR count). The van der Waals surface area contributed by atoms with E-state index in [0.717, 1.165) is 18.5 Å². The van der Waals surface area contributed by atoms with E-state index < -0.39 is 0 Å². The number of carbonyl (C=O) groups excluding carboxylic acids is 1. The number of nitrogen functional groups attached to an aromatic ring is 1. The van der Waals surface area contributed by atoms with Crippen LogP contribution >= 0.6 is 0 Å². The minimum Gasteiger partial charge on any atom is -0.482 e. The maximum Gasteiger partial charge on any atom is 0.262 e. The van der Waals surface area contributed by atoms with Crippen molar-refractivity contribution < 1.29 is 9.53 Å². The van der Waals surface area contributed by atoms with E-state index in [0.29, 0.717) is 29.1 Å². The highest BCUT2D eigenvalue weighted by Gasteiger charge is 2.20. The molecule has 0 fully saturated rings. The van der Waals surface area contributed by atoms with Crippen molar-refractivity contribution in [2.45, 2.75) is 39.7 Å². The van der Waals surface area contributed by atoms with Crippen LogP contribution in [0.25, 0.3) is 0 Å². The van der Waals surface area contributed by atoms with Crippen molar-refractivity contribution >= 4 is 23.0 Å². The van der Waals surface area contributed by atoms with Gasteiger partial charge in [0.15, 0.2) is 6.61 Å². The van der Waals surface area contributed by atoms with Gasteiger partial charge in [0.1, 0.15) is 5.75 Å². The van der Waals surface area contributed by atoms with Crippen LogP contribution in [0.5, 0.6) is 5.75 Å². The van der Waals surface area contributed by atoms with Crippen molar-refractivity contribution in [1.82, 2.24) is 0 Å². The molecule has 0 aliphatic carbocycles. The third-order valence-corrected chi connectivity index (χ3v) is 3.92. The first-order valence-corrected chi connectivity index (χ1v) is 7.17. The molecule has 1 aliphatic rings. The van der Waals surface area contributed by atoms with Crippen LogP contribution in [0.4, 0.5) is 17.1 Å². The predicted molar refractivity (Wildman–Crippen MR) is 82.1 cm³/mol. The van der Waals surface area contributed by atoms with Gasteiger partial charge in [-0.1, -0.05) is 26.7 Å². The van der Waals surface area contributed by atoms with E-state index >= 15 is 0 Å². The third-order valence-electron chi connectivity index (χ3n) is 3.92. The highest BCUT2D eigenvalue weighted by Crippen LogP contribution is 2.36. The average Bonchev–Trinajstić information content (AvgIpc) is 2.41. The number of hydrogen-bond donors (Lipinski definition) is 3. The number of benzene rings is 1. The third kappa shape index (κ3) is 2.98. The number of hydrogen-bond acceptors (Lipinski definition) is 4. The molecule has 5 heteroatoms. The van der Waals surface area contributed by atoms with Crippen LogP contribution in [0, 0.1) is 5.92 Å². The lowest BCUT2D eigenvalue weighted by atomic mass is 9.95. The smallest absolute Gasteiger partial charge is 0.262 e. The zero-order chi connectivity index (χ0) is 14.7. The predicted octanol–water partition coefficient (Wildman–Crippen LogP) is 2.84. The molecule has 0 bridgehead atoms. The SMILES string of the molecule is CCC(CC)C(C)Nc1cc2c(cc1N)OCC(=O)N2. The monoisotopic (exact) mass is 277 g/mol. The summed E-state index contributed by atoms with van der Waals surface area (Å²) in [4.78, 5) is 11.4. The molecule has 0 saturated heterocycles. The lowest BCUT2D eigenvalue weighted by Crippen LogP contribution is -2.27. The highest BCUT2D eigenvalue weighted by molar-refractivity contribution is 5.97. The zero-order valence-corrected chi connectivity index (χ0v) is 12.3. The summed E-state index contributed by atoms with van der Waals surface area (Å²) >= 11 is 0. The molecule has 1 amide bonds. The number of amides is 1. The molecule has 1 atom stereocenters. The molecule has 4 N–H and O–H groups in total. The van der Waals surface area contributed by atoms with Gasteiger partial charge >= 0.3 is 0 Å². The van der Waals surface area contributed by atoms with Crippen molar-refractivity contribution in [2.75, 3.05) is 23.0 Å². The van der Waals surface area contributed by atoms with Crippen LogP contribution in [-0.2, 0) is 4.79 Å². The van der Waals surface area contributed by atoms with Gasteiger partial charge in [-0.25, -0.2) is 0 Å². The van der Waals surface area contributed by atoms with Gasteiger partial charge in [0, 0.05) is 12.1 Å². The van der Waals surface area contributed by atoms with Crippen molar-refractivity contribution in [3.63, 3.8) is 0 Å². The maximum absolute atomic E-state index is 11.4. The van der Waals surface area contributed by atoms with E-state index in [4.69, 9.17) is 10.5 Å². The van der Waals surface area contributed by atoms with Gasteiger partial charge in [-0.2, -0.15) is 0 Å². The van der Waals surface area contributed by atoms with Crippen molar-refractivity contribution in [3.8, 4) is 5.75 Å². The second kappa shape index (κ2) is 6.03. The van der Waals surface area contributed by atoms with Crippen LogP contribution in [-0.4, -0.2) is 18.6 Å². The summed E-state index contributed by atoms with van der Waals surface area (Å²) in [6, 6.07) is 3.93. The van der Waals surface area contributed by atoms with E-state index in [1.165, 1.54) is 0 Å². The first kappa shape index (κ1) is 14.5. The second-order valence-electron chi connectivity index (χ2n) is 5.28. The lowest BCUT2D eigenvalue weighted by molar-refractivity contribution is -0.118. The number of fused-ring (bicyclic) bond motifs is 1. The molecule has 1 aliphatic heterocycles. The summed E-state index contributed by atoms with van der Waals surface area (Å²) in [5.41, 5.74) is 8.21. The summed E-state index contributed by atoms with van der Waals surface area (Å²) in [6.45, 7) is 6.59. The molecule has 0 saturated carbocycles. The summed E-state index contributed by atoms with van der Waals surface area (Å²) < 4.78 is 5.35. The molecule has 1 aromatic rings. The van der Waals surface area contributed by atoms with E-state index in [1.54, 1.807) is 6.07 Å². The molecule has 20 heavy (non-hydrogen) atoms. The summed E-state index contributed by atoms with van der Waals surface area (Å²) in [6.07, 6.45) is 2.24. The normalized spacial score (nSPS) is 15.3. The molecule has 1 aromatic carbocycles. The van der Waals surface area contributed by atoms with Crippen LogP contribution in [0.1, 0.15) is 33.6 Å². The van der Waals surface area contributed by atoms with Crippen molar-refractivity contribution in [2.24, 2.45) is 5.92 Å². The van der Waals surface area contributed by atoms with E-state index in [9.17, 15) is 4.79 Å². The van der Waals surface area contributed by atoms with E-state index in [2.05, 4.69) is 31.4 Å². The molecular weight excluding hydrogens is 254 g/mol. The van der Waals surface area contributed by atoms with Crippen LogP contribution in [0.15, 0.2) is 12.1 Å². The molecule has 1 heterocycles. The van der Waals surface area contributed by atoms with Crippen LogP contribution in [0.3, 0.4) is 0 Å². The molecule has 0 radical (unpaired) electrons. The number of ether oxygens (including phenoxy) is 1. The Hall–Kier alpha value is -1.91. The Labute approximate surface area is 119 Å². The van der Waals surface area contributed by atoms with Crippen molar-refractivity contribution in [1.29, 1.82) is 0 Å². The number of carbonyl (C=O) groups is 1. The number of nitrogens with one attached hydrogen (secondary N) is 2. The first-order valence-electron chi connectivity index (χ1n) is 7.17.